The molecule has 2 heterocycles. The molecule has 27 heavy (non-hydrogen) atoms. The van der Waals surface area contributed by atoms with Crippen molar-refractivity contribution in [1.82, 2.24) is 5.32 Å². The molecule has 1 aliphatic heterocycles. The standard InChI is InChI=1S/C21H19BrN2O2S/c1-26-18-5-2-4-15(20(18)25)17-12-16(13-7-9-14(22)10-8-13)23-21(24-17)19-6-3-11-27-19/h2-11,17,21,24-25H,12H2,1H3/t17-,21+/m0/s1. The zero-order valence-corrected chi connectivity index (χ0v) is 17.1. The van der Waals surface area contributed by atoms with Crippen LogP contribution in [0, 0.1) is 0 Å². The first-order valence-electron chi connectivity index (χ1n) is 8.63. The van der Waals surface area contributed by atoms with Crippen LogP contribution >= 0.6 is 27.3 Å². The molecule has 0 unspecified atom stereocenters. The molecule has 0 radical (unpaired) electrons. The van der Waals surface area contributed by atoms with Gasteiger partial charge in [-0.3, -0.25) is 10.3 Å². The number of aliphatic imine (C=N–C) groups is 1. The number of nitrogens with one attached hydrogen (secondary N) is 1. The van der Waals surface area contributed by atoms with Crippen LogP contribution in [0.3, 0.4) is 0 Å². The molecule has 0 spiro atoms. The number of hydrogen-bond acceptors (Lipinski definition) is 5. The smallest absolute Gasteiger partial charge is 0.162 e. The normalized spacial score (nSPS) is 19.6. The number of rotatable bonds is 4. The van der Waals surface area contributed by atoms with Gasteiger partial charge in [0.1, 0.15) is 6.17 Å². The number of thiophene rings is 1. The van der Waals surface area contributed by atoms with Crippen molar-refractivity contribution in [2.75, 3.05) is 7.11 Å². The summed E-state index contributed by atoms with van der Waals surface area (Å²) in [5.74, 6) is 0.661. The Balaban J connectivity index is 1.74. The quantitative estimate of drug-likeness (QED) is 0.564. The average molecular weight is 443 g/mol. The monoisotopic (exact) mass is 442 g/mol. The molecule has 2 N–H and O–H groups in total. The highest BCUT2D eigenvalue weighted by Crippen LogP contribution is 2.39. The van der Waals surface area contributed by atoms with E-state index in [4.69, 9.17) is 9.73 Å². The second kappa shape index (κ2) is 7.84. The van der Waals surface area contributed by atoms with Crippen molar-refractivity contribution in [2.45, 2.75) is 18.6 Å². The first-order chi connectivity index (χ1) is 13.2. The van der Waals surface area contributed by atoms with Crippen LogP contribution in [0.25, 0.3) is 0 Å². The predicted octanol–water partition coefficient (Wildman–Crippen LogP) is 5.45. The van der Waals surface area contributed by atoms with Crippen LogP contribution in [0.1, 0.15) is 34.6 Å². The van der Waals surface area contributed by atoms with Crippen molar-refractivity contribution in [3.63, 3.8) is 0 Å². The highest BCUT2D eigenvalue weighted by atomic mass is 79.9. The Morgan fingerprint density at radius 3 is 2.67 bits per heavy atom. The average Bonchev–Trinajstić information content (AvgIpc) is 3.23. The van der Waals surface area contributed by atoms with E-state index >= 15 is 0 Å². The minimum Gasteiger partial charge on any atom is -0.504 e. The molecular weight excluding hydrogens is 424 g/mol. The lowest BCUT2D eigenvalue weighted by atomic mass is 9.94. The third-order valence-corrected chi connectivity index (χ3v) is 6.11. The van der Waals surface area contributed by atoms with Crippen LogP contribution < -0.4 is 10.1 Å². The Bertz CT molecular complexity index is 955. The fourth-order valence-corrected chi connectivity index (χ4v) is 4.29. The molecule has 1 aliphatic rings. The van der Waals surface area contributed by atoms with Crippen molar-refractivity contribution in [3.05, 3.63) is 80.5 Å². The summed E-state index contributed by atoms with van der Waals surface area (Å²) < 4.78 is 6.33. The fraction of sp³-hybridized carbons (Fsp3) is 0.190. The number of methoxy groups -OCH3 is 1. The molecule has 0 aliphatic carbocycles. The summed E-state index contributed by atoms with van der Waals surface area (Å²) in [6.07, 6.45) is 0.539. The molecule has 0 saturated heterocycles. The van der Waals surface area contributed by atoms with Gasteiger partial charge >= 0.3 is 0 Å². The summed E-state index contributed by atoms with van der Waals surface area (Å²) in [5, 5.41) is 16.3. The van der Waals surface area contributed by atoms with Gasteiger partial charge in [-0.05, 0) is 35.2 Å². The Kier molecular flexibility index (Phi) is 5.29. The SMILES string of the molecule is COc1cccc([C@@H]2CC(c3ccc(Br)cc3)=N[C@@H](c3cccs3)N2)c1O. The zero-order valence-electron chi connectivity index (χ0n) is 14.7. The summed E-state index contributed by atoms with van der Waals surface area (Å²) >= 11 is 5.16. The van der Waals surface area contributed by atoms with Crippen molar-refractivity contribution >= 4 is 33.0 Å². The first-order valence-corrected chi connectivity index (χ1v) is 10.3. The predicted molar refractivity (Wildman–Crippen MR) is 113 cm³/mol. The number of ether oxygens (including phenoxy) is 1. The van der Waals surface area contributed by atoms with Crippen LogP contribution in [-0.2, 0) is 0 Å². The number of aromatic hydroxyl groups is 1. The van der Waals surface area contributed by atoms with Gasteiger partial charge in [0, 0.05) is 33.1 Å². The summed E-state index contributed by atoms with van der Waals surface area (Å²) in [4.78, 5) is 6.11. The van der Waals surface area contributed by atoms with E-state index in [2.05, 4.69) is 44.8 Å². The maximum absolute atomic E-state index is 10.6. The molecule has 4 rings (SSSR count). The van der Waals surface area contributed by atoms with Gasteiger partial charge in [0.15, 0.2) is 11.5 Å². The van der Waals surface area contributed by atoms with Gasteiger partial charge in [0.25, 0.3) is 0 Å². The summed E-state index contributed by atoms with van der Waals surface area (Å²) in [5.41, 5.74) is 2.93. The van der Waals surface area contributed by atoms with Crippen LogP contribution in [0.2, 0.25) is 0 Å². The van der Waals surface area contributed by atoms with Crippen molar-refractivity contribution in [3.8, 4) is 11.5 Å². The van der Waals surface area contributed by atoms with E-state index in [-0.39, 0.29) is 18.0 Å². The molecule has 3 aromatic rings. The van der Waals surface area contributed by atoms with E-state index in [1.54, 1.807) is 24.5 Å². The maximum Gasteiger partial charge on any atom is 0.162 e. The van der Waals surface area contributed by atoms with Crippen LogP contribution in [0.5, 0.6) is 11.5 Å². The van der Waals surface area contributed by atoms with Gasteiger partial charge in [0.2, 0.25) is 0 Å². The number of benzene rings is 2. The molecule has 0 bridgehead atoms. The molecule has 0 saturated carbocycles. The number of phenols is 1. The number of hydrogen-bond donors (Lipinski definition) is 2. The van der Waals surface area contributed by atoms with E-state index in [1.165, 1.54) is 0 Å². The number of nitrogens with zero attached hydrogens (tertiary/aromatic N) is 1. The highest BCUT2D eigenvalue weighted by Gasteiger charge is 2.28. The van der Waals surface area contributed by atoms with Gasteiger partial charge < -0.3 is 9.84 Å². The van der Waals surface area contributed by atoms with Crippen LogP contribution in [0.4, 0.5) is 0 Å². The fourth-order valence-electron chi connectivity index (χ4n) is 3.30. The van der Waals surface area contributed by atoms with E-state index < -0.39 is 0 Å². The molecular formula is C21H19BrN2O2S. The molecule has 0 fully saturated rings. The second-order valence-electron chi connectivity index (χ2n) is 6.32. The van der Waals surface area contributed by atoms with Gasteiger partial charge in [-0.2, -0.15) is 0 Å². The molecule has 1 aromatic heterocycles. The number of phenolic OH excluding ortho intramolecular Hbond substituents is 1. The lowest BCUT2D eigenvalue weighted by Crippen LogP contribution is -2.32. The maximum atomic E-state index is 10.6. The Labute approximate surface area is 170 Å². The van der Waals surface area contributed by atoms with Crippen LogP contribution in [0.15, 0.2) is 69.4 Å². The van der Waals surface area contributed by atoms with Crippen molar-refractivity contribution in [1.29, 1.82) is 0 Å². The van der Waals surface area contributed by atoms with Gasteiger partial charge in [-0.1, -0.05) is 46.3 Å². The zero-order chi connectivity index (χ0) is 18.8. The minimum atomic E-state index is -0.145. The first kappa shape index (κ1) is 18.2. The van der Waals surface area contributed by atoms with E-state index in [0.29, 0.717) is 12.2 Å². The number of halogens is 1. The van der Waals surface area contributed by atoms with Gasteiger partial charge in [-0.25, -0.2) is 0 Å². The van der Waals surface area contributed by atoms with E-state index in [0.717, 1.165) is 26.2 Å². The lowest BCUT2D eigenvalue weighted by molar-refractivity contribution is 0.361. The Hall–Kier alpha value is -2.15. The lowest BCUT2D eigenvalue weighted by Gasteiger charge is -2.30. The molecule has 0 amide bonds. The van der Waals surface area contributed by atoms with Gasteiger partial charge in [-0.15, -0.1) is 11.3 Å². The molecule has 4 nitrogen and oxygen atoms in total. The van der Waals surface area contributed by atoms with Crippen LogP contribution in [-0.4, -0.2) is 17.9 Å². The largest absolute Gasteiger partial charge is 0.504 e. The Morgan fingerprint density at radius 2 is 1.96 bits per heavy atom. The molecule has 2 aromatic carbocycles. The topological polar surface area (TPSA) is 53.8 Å². The van der Waals surface area contributed by atoms with Crippen molar-refractivity contribution < 1.29 is 9.84 Å². The molecule has 6 heteroatoms. The summed E-state index contributed by atoms with van der Waals surface area (Å²) in [7, 11) is 1.57. The summed E-state index contributed by atoms with van der Waals surface area (Å²) in [6.45, 7) is 0. The molecule has 138 valence electrons. The van der Waals surface area contributed by atoms with Gasteiger partial charge in [0.05, 0.1) is 7.11 Å². The van der Waals surface area contributed by atoms with E-state index in [9.17, 15) is 5.11 Å². The third kappa shape index (κ3) is 3.78. The highest BCUT2D eigenvalue weighted by molar-refractivity contribution is 9.10. The third-order valence-electron chi connectivity index (χ3n) is 4.66. The Morgan fingerprint density at radius 1 is 1.15 bits per heavy atom. The van der Waals surface area contributed by atoms with Crippen molar-refractivity contribution in [2.24, 2.45) is 4.99 Å². The second-order valence-corrected chi connectivity index (χ2v) is 8.22. The van der Waals surface area contributed by atoms with E-state index in [1.807, 2.05) is 30.3 Å². The molecule has 2 atom stereocenters. The minimum absolute atomic E-state index is 0.0663. The number of para-hydroxylation sites is 1. The summed E-state index contributed by atoms with van der Waals surface area (Å²) in [6, 6.07) is 17.8.